The van der Waals surface area contributed by atoms with Crippen LogP contribution in [0.2, 0.25) is 0 Å². The van der Waals surface area contributed by atoms with Crippen molar-refractivity contribution in [2.45, 2.75) is 43.9 Å². The Kier molecular flexibility index (Phi) is 7.06. The van der Waals surface area contributed by atoms with Gasteiger partial charge in [0.25, 0.3) is 0 Å². The van der Waals surface area contributed by atoms with Gasteiger partial charge in [-0.2, -0.15) is 0 Å². The quantitative estimate of drug-likeness (QED) is 0.231. The maximum atomic E-state index is 13.6. The average molecular weight is 499 g/mol. The molecule has 7 heteroatoms. The zero-order valence-corrected chi connectivity index (χ0v) is 20.9. The van der Waals surface area contributed by atoms with Crippen LogP contribution in [0, 0.1) is 5.92 Å². The van der Waals surface area contributed by atoms with Crippen molar-refractivity contribution in [3.63, 3.8) is 0 Å². The lowest BCUT2D eigenvalue weighted by molar-refractivity contribution is -0.984. The van der Waals surface area contributed by atoms with Crippen LogP contribution in [-0.2, 0) is 15.1 Å². The molecule has 2 bridgehead atoms. The number of fused-ring (bicyclic) bond motifs is 3. The summed E-state index contributed by atoms with van der Waals surface area (Å²) in [6, 6.07) is 17.3. The fraction of sp³-hybridized carbons (Fsp3) is 0.444. The van der Waals surface area contributed by atoms with Crippen molar-refractivity contribution < 1.29 is 23.9 Å². The van der Waals surface area contributed by atoms with Crippen molar-refractivity contribution in [2.75, 3.05) is 26.2 Å². The van der Waals surface area contributed by atoms with Crippen LogP contribution in [0.25, 0.3) is 0 Å². The Morgan fingerprint density at radius 1 is 0.971 bits per heavy atom. The summed E-state index contributed by atoms with van der Waals surface area (Å²) in [5.41, 5.74) is -1.74. The van der Waals surface area contributed by atoms with Crippen LogP contribution in [0.15, 0.2) is 65.4 Å². The molecule has 3 aromatic rings. The largest absolute Gasteiger partial charge is 0.494 e. The van der Waals surface area contributed by atoms with Crippen LogP contribution < -0.4 is 4.74 Å². The molecule has 0 spiro atoms. The molecular formula is C27H32NO4S2+. The standard InChI is InChI=1S/C27H32NO4S2/c29-26(27(30,23-10-6-18-33-23)24-11-7-19-34-24)32-25-20-21-12-15-28(25,16-13-21)14-4-5-17-31-22-8-2-1-3-9-22/h1-3,6-11,18-19,21,25,30H,4-5,12-17,20H2/q+1. The van der Waals surface area contributed by atoms with E-state index in [1.807, 2.05) is 65.4 Å². The number of benzene rings is 1. The zero-order chi connectivity index (χ0) is 23.4. The highest BCUT2D eigenvalue weighted by Gasteiger charge is 2.52. The minimum Gasteiger partial charge on any atom is -0.494 e. The highest BCUT2D eigenvalue weighted by atomic mass is 32.1. The third-order valence-corrected chi connectivity index (χ3v) is 9.37. The van der Waals surface area contributed by atoms with Gasteiger partial charge in [-0.3, -0.25) is 4.48 Å². The normalized spacial score (nSPS) is 24.1. The van der Waals surface area contributed by atoms with E-state index in [1.54, 1.807) is 0 Å². The van der Waals surface area contributed by atoms with Crippen molar-refractivity contribution in [2.24, 2.45) is 5.92 Å². The summed E-state index contributed by atoms with van der Waals surface area (Å²) in [5, 5.41) is 15.4. The summed E-state index contributed by atoms with van der Waals surface area (Å²) < 4.78 is 12.9. The molecule has 1 aromatic carbocycles. The number of unbranched alkanes of at least 4 members (excludes halogenated alkanes) is 1. The van der Waals surface area contributed by atoms with Crippen molar-refractivity contribution in [3.8, 4) is 5.75 Å². The van der Waals surface area contributed by atoms with E-state index in [0.717, 1.165) is 49.1 Å². The van der Waals surface area contributed by atoms with E-state index in [4.69, 9.17) is 9.47 Å². The first-order valence-electron chi connectivity index (χ1n) is 12.2. The number of quaternary nitrogens is 1. The molecule has 0 aliphatic carbocycles. The molecule has 0 saturated carbocycles. The van der Waals surface area contributed by atoms with Gasteiger partial charge in [0.15, 0.2) is 0 Å². The molecule has 180 valence electrons. The summed E-state index contributed by atoms with van der Waals surface area (Å²) in [6.45, 7) is 3.74. The number of nitrogens with zero attached hydrogens (tertiary/aromatic N) is 1. The lowest BCUT2D eigenvalue weighted by atomic mass is 9.84. The molecule has 3 aliphatic heterocycles. The monoisotopic (exact) mass is 498 g/mol. The van der Waals surface area contributed by atoms with Gasteiger partial charge in [0, 0.05) is 19.3 Å². The van der Waals surface area contributed by atoms with E-state index >= 15 is 0 Å². The van der Waals surface area contributed by atoms with Gasteiger partial charge < -0.3 is 14.6 Å². The van der Waals surface area contributed by atoms with Gasteiger partial charge in [-0.1, -0.05) is 30.3 Å². The van der Waals surface area contributed by atoms with Crippen LogP contribution in [0.3, 0.4) is 0 Å². The van der Waals surface area contributed by atoms with Crippen molar-refractivity contribution in [1.29, 1.82) is 0 Å². The van der Waals surface area contributed by atoms with Crippen molar-refractivity contribution in [3.05, 3.63) is 75.1 Å². The Bertz CT molecular complexity index is 1010. The Morgan fingerprint density at radius 2 is 1.65 bits per heavy atom. The molecule has 0 radical (unpaired) electrons. The first-order chi connectivity index (χ1) is 16.6. The van der Waals surface area contributed by atoms with Crippen LogP contribution in [-0.4, -0.2) is 48.0 Å². The van der Waals surface area contributed by atoms with Crippen molar-refractivity contribution >= 4 is 28.6 Å². The fourth-order valence-corrected chi connectivity index (χ4v) is 7.15. The minimum atomic E-state index is -1.74. The zero-order valence-electron chi connectivity index (χ0n) is 19.3. The highest BCUT2D eigenvalue weighted by Crippen LogP contribution is 2.42. The van der Waals surface area contributed by atoms with E-state index in [1.165, 1.54) is 35.5 Å². The second kappa shape index (κ2) is 10.2. The molecular weight excluding hydrogens is 466 g/mol. The predicted octanol–water partition coefficient (Wildman–Crippen LogP) is 5.40. The molecule has 6 rings (SSSR count). The van der Waals surface area contributed by atoms with Crippen LogP contribution >= 0.6 is 22.7 Å². The molecule has 5 nitrogen and oxygen atoms in total. The Morgan fingerprint density at radius 3 is 2.26 bits per heavy atom. The number of piperidine rings is 3. The Hall–Kier alpha value is -2.19. The number of carbonyl (C=O) groups is 1. The van der Waals surface area contributed by atoms with E-state index < -0.39 is 11.6 Å². The number of carbonyl (C=O) groups excluding carboxylic acids is 1. The molecule has 3 aliphatic rings. The first-order valence-corrected chi connectivity index (χ1v) is 13.9. The average Bonchev–Trinajstić information content (AvgIpc) is 3.60. The van der Waals surface area contributed by atoms with Gasteiger partial charge in [0.05, 0.1) is 36.0 Å². The molecule has 34 heavy (non-hydrogen) atoms. The fourth-order valence-electron chi connectivity index (χ4n) is 5.43. The first kappa shape index (κ1) is 23.5. The number of aliphatic hydroxyl groups is 1. The van der Waals surface area contributed by atoms with E-state index in [-0.39, 0.29) is 6.23 Å². The van der Waals surface area contributed by atoms with Gasteiger partial charge >= 0.3 is 5.97 Å². The third kappa shape index (κ3) is 4.67. The minimum absolute atomic E-state index is 0.193. The Labute approximate surface area is 209 Å². The number of thiophene rings is 2. The van der Waals surface area contributed by atoms with Gasteiger partial charge in [-0.25, -0.2) is 4.79 Å². The van der Waals surface area contributed by atoms with Crippen LogP contribution in [0.4, 0.5) is 0 Å². The maximum Gasteiger partial charge on any atom is 0.353 e. The molecule has 3 saturated heterocycles. The van der Waals surface area contributed by atoms with Crippen LogP contribution in [0.1, 0.15) is 41.9 Å². The van der Waals surface area contributed by atoms with Gasteiger partial charge in [0.1, 0.15) is 5.75 Å². The molecule has 2 aromatic heterocycles. The number of esters is 1. The Balaban J connectivity index is 1.26. The SMILES string of the molecule is O=C(OC1CC2CC[N+]1(CCCCOc1ccccc1)CC2)C(O)(c1cccs1)c1cccs1. The summed E-state index contributed by atoms with van der Waals surface area (Å²) in [6.07, 6.45) is 5.06. The lowest BCUT2D eigenvalue weighted by Crippen LogP contribution is -2.66. The topological polar surface area (TPSA) is 55.8 Å². The summed E-state index contributed by atoms with van der Waals surface area (Å²) >= 11 is 2.77. The number of rotatable bonds is 10. The lowest BCUT2D eigenvalue weighted by Gasteiger charge is -2.53. The smallest absolute Gasteiger partial charge is 0.353 e. The predicted molar refractivity (Wildman–Crippen MR) is 135 cm³/mol. The molecule has 1 N–H and O–H groups in total. The molecule has 5 heterocycles. The highest BCUT2D eigenvalue weighted by molar-refractivity contribution is 7.12. The number of hydrogen-bond acceptors (Lipinski definition) is 6. The number of para-hydroxylation sites is 1. The van der Waals surface area contributed by atoms with E-state index in [2.05, 4.69) is 0 Å². The summed E-state index contributed by atoms with van der Waals surface area (Å²) in [4.78, 5) is 14.8. The molecule has 1 atom stereocenters. The van der Waals surface area contributed by atoms with Gasteiger partial charge in [-0.15, -0.1) is 22.7 Å². The van der Waals surface area contributed by atoms with E-state index in [9.17, 15) is 9.90 Å². The second-order valence-electron chi connectivity index (χ2n) is 9.46. The molecule has 0 amide bonds. The van der Waals surface area contributed by atoms with Gasteiger partial charge in [0.2, 0.25) is 11.8 Å². The number of hydrogen-bond donors (Lipinski definition) is 1. The van der Waals surface area contributed by atoms with Crippen molar-refractivity contribution in [1.82, 2.24) is 0 Å². The summed E-state index contributed by atoms with van der Waals surface area (Å²) in [5.74, 6) is 0.970. The molecule has 3 fully saturated rings. The number of ether oxygens (including phenoxy) is 2. The molecule has 1 unspecified atom stereocenters. The van der Waals surface area contributed by atoms with Crippen LogP contribution in [0.5, 0.6) is 5.75 Å². The van der Waals surface area contributed by atoms with E-state index in [0.29, 0.717) is 22.3 Å². The second-order valence-corrected chi connectivity index (χ2v) is 11.4. The summed E-state index contributed by atoms with van der Waals surface area (Å²) in [7, 11) is 0. The maximum absolute atomic E-state index is 13.6. The third-order valence-electron chi connectivity index (χ3n) is 7.41. The van der Waals surface area contributed by atoms with Gasteiger partial charge in [-0.05, 0) is 53.8 Å².